The molecule has 0 bridgehead atoms. The molecule has 0 saturated carbocycles. The average Bonchev–Trinajstić information content (AvgIpc) is 3.22. The lowest BCUT2D eigenvalue weighted by Crippen LogP contribution is -2.26. The van der Waals surface area contributed by atoms with Crippen molar-refractivity contribution in [2.24, 2.45) is 4.99 Å². The summed E-state index contributed by atoms with van der Waals surface area (Å²) in [5.74, 6) is 0. The third-order valence-electron chi connectivity index (χ3n) is 5.78. The first-order valence-electron chi connectivity index (χ1n) is 10.4. The number of hydrogen-bond donors (Lipinski definition) is 0. The Hall–Kier alpha value is -3.22. The molecule has 160 valence electrons. The van der Waals surface area contributed by atoms with Gasteiger partial charge in [0, 0.05) is 28.1 Å². The largest absolute Gasteiger partial charge is 0.309 e. The zero-order chi connectivity index (χ0) is 22.1. The van der Waals surface area contributed by atoms with E-state index >= 15 is 0 Å². The van der Waals surface area contributed by atoms with Gasteiger partial charge in [0.1, 0.15) is 0 Å². The highest BCUT2D eigenvalue weighted by Gasteiger charge is 2.25. The van der Waals surface area contributed by atoms with Crippen molar-refractivity contribution in [2.45, 2.75) is 25.3 Å². The number of thiazole rings is 1. The van der Waals surface area contributed by atoms with E-state index in [9.17, 15) is 10.1 Å². The van der Waals surface area contributed by atoms with E-state index in [-0.39, 0.29) is 16.7 Å². The van der Waals surface area contributed by atoms with Crippen LogP contribution in [0.15, 0.2) is 83.2 Å². The summed E-state index contributed by atoms with van der Waals surface area (Å²) >= 11 is 7.73. The molecule has 3 aromatic carbocycles. The molecule has 0 spiro atoms. The molecule has 5 rings (SSSR count). The van der Waals surface area contributed by atoms with Crippen LogP contribution in [0.4, 0.5) is 11.4 Å². The number of aryl methyl sites for hydroxylation is 1. The second-order valence-corrected chi connectivity index (χ2v) is 9.05. The van der Waals surface area contributed by atoms with Crippen molar-refractivity contribution in [1.82, 2.24) is 4.57 Å². The fourth-order valence-electron chi connectivity index (χ4n) is 4.35. The second kappa shape index (κ2) is 8.73. The van der Waals surface area contributed by atoms with Gasteiger partial charge in [0.15, 0.2) is 4.80 Å². The topological polar surface area (TPSA) is 60.4 Å². The zero-order valence-corrected chi connectivity index (χ0v) is 18.7. The van der Waals surface area contributed by atoms with E-state index in [0.29, 0.717) is 5.02 Å². The maximum Gasteiger partial charge on any atom is 0.270 e. The quantitative estimate of drug-likeness (QED) is 0.244. The summed E-state index contributed by atoms with van der Waals surface area (Å²) in [6, 6.07) is 22.9. The fourth-order valence-corrected chi connectivity index (χ4v) is 5.49. The Morgan fingerprint density at radius 3 is 2.75 bits per heavy atom. The molecule has 0 radical (unpaired) electrons. The van der Waals surface area contributed by atoms with Crippen LogP contribution >= 0.6 is 22.9 Å². The minimum atomic E-state index is -0.354. The van der Waals surface area contributed by atoms with Gasteiger partial charge in [0.2, 0.25) is 0 Å². The van der Waals surface area contributed by atoms with Gasteiger partial charge in [-0.25, -0.2) is 4.99 Å². The van der Waals surface area contributed by atoms with Crippen molar-refractivity contribution in [2.75, 3.05) is 0 Å². The number of fused-ring (bicyclic) bond motifs is 1. The molecule has 1 unspecified atom stereocenters. The molecule has 0 saturated heterocycles. The number of nitro benzene ring substituents is 1. The van der Waals surface area contributed by atoms with Crippen LogP contribution in [0, 0.1) is 10.1 Å². The molecule has 1 aromatic heterocycles. The van der Waals surface area contributed by atoms with Crippen LogP contribution in [0.1, 0.15) is 30.0 Å². The van der Waals surface area contributed by atoms with Crippen LogP contribution in [-0.2, 0) is 6.42 Å². The predicted octanol–water partition coefficient (Wildman–Crippen LogP) is 6.94. The zero-order valence-electron chi connectivity index (χ0n) is 17.1. The van der Waals surface area contributed by atoms with Gasteiger partial charge < -0.3 is 4.57 Å². The minimum absolute atomic E-state index is 0.0811. The lowest BCUT2D eigenvalue weighted by molar-refractivity contribution is -0.384. The van der Waals surface area contributed by atoms with E-state index in [0.717, 1.165) is 41.0 Å². The monoisotopic (exact) mass is 461 g/mol. The molecular formula is C25H20ClN3O2S. The summed E-state index contributed by atoms with van der Waals surface area (Å²) in [5, 5.41) is 14.1. The summed E-state index contributed by atoms with van der Waals surface area (Å²) in [6.45, 7) is 0. The van der Waals surface area contributed by atoms with Gasteiger partial charge >= 0.3 is 0 Å². The summed E-state index contributed by atoms with van der Waals surface area (Å²) in [6.07, 6.45) is 3.12. The smallest absolute Gasteiger partial charge is 0.270 e. The first-order valence-corrected chi connectivity index (χ1v) is 11.7. The lowest BCUT2D eigenvalue weighted by Gasteiger charge is -2.28. The van der Waals surface area contributed by atoms with E-state index in [4.69, 9.17) is 16.6 Å². The van der Waals surface area contributed by atoms with Crippen LogP contribution in [0.25, 0.3) is 11.3 Å². The van der Waals surface area contributed by atoms with Gasteiger partial charge in [-0.2, -0.15) is 0 Å². The van der Waals surface area contributed by atoms with E-state index in [1.807, 2.05) is 35.7 Å². The van der Waals surface area contributed by atoms with Gasteiger partial charge in [-0.15, -0.1) is 11.3 Å². The van der Waals surface area contributed by atoms with Crippen LogP contribution in [0.2, 0.25) is 5.02 Å². The molecular weight excluding hydrogens is 442 g/mol. The third-order valence-corrected chi connectivity index (χ3v) is 6.85. The average molecular weight is 462 g/mol. The van der Waals surface area contributed by atoms with Gasteiger partial charge in [0.25, 0.3) is 5.69 Å². The Bertz CT molecular complexity index is 1380. The molecule has 1 atom stereocenters. The number of benzene rings is 3. The Labute approximate surface area is 194 Å². The number of rotatable bonds is 4. The van der Waals surface area contributed by atoms with Crippen molar-refractivity contribution in [3.8, 4) is 11.3 Å². The van der Waals surface area contributed by atoms with E-state index in [1.165, 1.54) is 28.5 Å². The standard InChI is InChI=1S/C25H20ClN3O2S/c26-19-9-5-10-20(15-19)27-25-28(23-13-4-7-17-6-1-2-12-22(17)23)24(16-32-25)18-8-3-11-21(14-18)29(30)31/h1-3,5-6,8-12,14-16,23H,4,7,13H2. The van der Waals surface area contributed by atoms with Crippen molar-refractivity contribution in [1.29, 1.82) is 0 Å². The van der Waals surface area contributed by atoms with Crippen molar-refractivity contribution >= 4 is 34.3 Å². The minimum Gasteiger partial charge on any atom is -0.309 e. The van der Waals surface area contributed by atoms with Crippen LogP contribution in [0.3, 0.4) is 0 Å². The Balaban J connectivity index is 1.74. The number of halogens is 1. The summed E-state index contributed by atoms with van der Waals surface area (Å²) in [5.41, 5.74) is 5.24. The summed E-state index contributed by atoms with van der Waals surface area (Å²) in [7, 11) is 0. The highest BCUT2D eigenvalue weighted by atomic mass is 35.5. The Morgan fingerprint density at radius 2 is 1.91 bits per heavy atom. The second-order valence-electron chi connectivity index (χ2n) is 7.78. The highest BCUT2D eigenvalue weighted by molar-refractivity contribution is 7.07. The first kappa shape index (κ1) is 20.7. The molecule has 32 heavy (non-hydrogen) atoms. The van der Waals surface area contributed by atoms with Gasteiger partial charge in [-0.1, -0.05) is 54.1 Å². The summed E-state index contributed by atoms with van der Waals surface area (Å²) in [4.78, 5) is 16.8. The van der Waals surface area contributed by atoms with Crippen LogP contribution < -0.4 is 4.80 Å². The number of hydrogen-bond acceptors (Lipinski definition) is 4. The fraction of sp³-hybridized carbons (Fsp3) is 0.160. The Kier molecular flexibility index (Phi) is 5.64. The highest BCUT2D eigenvalue weighted by Crippen LogP contribution is 2.36. The molecule has 0 N–H and O–H groups in total. The van der Waals surface area contributed by atoms with E-state index < -0.39 is 0 Å². The van der Waals surface area contributed by atoms with E-state index in [1.54, 1.807) is 12.1 Å². The van der Waals surface area contributed by atoms with Crippen molar-refractivity contribution < 1.29 is 4.92 Å². The SMILES string of the molecule is O=[N+]([O-])c1cccc(-c2csc(=Nc3cccc(Cl)c3)n2C2CCCc3ccccc32)c1. The van der Waals surface area contributed by atoms with Crippen molar-refractivity contribution in [3.63, 3.8) is 0 Å². The molecule has 1 heterocycles. The lowest BCUT2D eigenvalue weighted by atomic mass is 9.87. The summed E-state index contributed by atoms with van der Waals surface area (Å²) < 4.78 is 2.24. The maximum absolute atomic E-state index is 11.4. The Morgan fingerprint density at radius 1 is 1.06 bits per heavy atom. The number of non-ortho nitro benzene ring substituents is 1. The van der Waals surface area contributed by atoms with Gasteiger partial charge in [-0.3, -0.25) is 10.1 Å². The van der Waals surface area contributed by atoms with Crippen molar-refractivity contribution in [3.05, 3.63) is 109 Å². The number of aromatic nitrogens is 1. The molecule has 0 aliphatic heterocycles. The molecule has 4 aromatic rings. The molecule has 7 heteroatoms. The number of nitrogens with zero attached hydrogens (tertiary/aromatic N) is 3. The van der Waals surface area contributed by atoms with Crippen LogP contribution in [0.5, 0.6) is 0 Å². The molecule has 1 aliphatic rings. The predicted molar refractivity (Wildman–Crippen MR) is 129 cm³/mol. The maximum atomic E-state index is 11.4. The van der Waals surface area contributed by atoms with Gasteiger partial charge in [0.05, 0.1) is 22.3 Å². The molecule has 0 fully saturated rings. The number of nitro groups is 1. The first-order chi connectivity index (χ1) is 15.6. The third kappa shape index (κ3) is 3.99. The molecule has 1 aliphatic carbocycles. The van der Waals surface area contributed by atoms with Gasteiger partial charge in [-0.05, 0) is 48.6 Å². The molecule has 5 nitrogen and oxygen atoms in total. The van der Waals surface area contributed by atoms with Crippen LogP contribution in [-0.4, -0.2) is 9.49 Å². The normalized spacial score (nSPS) is 16.0. The van der Waals surface area contributed by atoms with E-state index in [2.05, 4.69) is 28.8 Å². The molecule has 0 amide bonds.